The molecule has 0 bridgehead atoms. The topological polar surface area (TPSA) is 38.0 Å². The maximum atomic E-state index is 6.07. The van der Waals surface area contributed by atoms with Crippen LogP contribution >= 0.6 is 0 Å². The van der Waals surface area contributed by atoms with Crippen LogP contribution in [0.4, 0.5) is 0 Å². The third kappa shape index (κ3) is 18.6. The van der Waals surface area contributed by atoms with Gasteiger partial charge in [-0.25, -0.2) is 0 Å². The second kappa shape index (κ2) is 21.0. The van der Waals surface area contributed by atoms with Crippen LogP contribution in [0.1, 0.15) is 114 Å². The van der Waals surface area contributed by atoms with Crippen molar-refractivity contribution < 1.29 is 0 Å². The third-order valence-corrected chi connectivity index (χ3v) is 5.03. The van der Waals surface area contributed by atoms with E-state index in [0.29, 0.717) is 17.4 Å². The summed E-state index contributed by atoms with van der Waals surface area (Å²) in [5.74, 6) is 1.52. The number of nitrogens with one attached hydrogen (secondary N) is 1. The van der Waals surface area contributed by atoms with E-state index < -0.39 is 0 Å². The number of rotatable bonds is 8. The number of hydrogen-bond acceptors (Lipinski definition) is 2. The first-order chi connectivity index (χ1) is 13.3. The lowest BCUT2D eigenvalue weighted by Crippen LogP contribution is -2.34. The summed E-state index contributed by atoms with van der Waals surface area (Å²) in [4.78, 5) is 0. The molecular weight excluding hydrogens is 340 g/mol. The minimum Gasteiger partial charge on any atom is -0.392 e. The first kappa shape index (κ1) is 31.9. The van der Waals surface area contributed by atoms with Crippen LogP contribution in [0, 0.1) is 17.3 Å². The molecule has 0 heterocycles. The average Bonchev–Trinajstić information content (AvgIpc) is 2.68. The van der Waals surface area contributed by atoms with Gasteiger partial charge in [-0.2, -0.15) is 0 Å². The van der Waals surface area contributed by atoms with Gasteiger partial charge in [0.05, 0.1) is 0 Å². The van der Waals surface area contributed by atoms with Gasteiger partial charge >= 0.3 is 0 Å². The molecule has 1 rings (SSSR count). The van der Waals surface area contributed by atoms with Gasteiger partial charge in [0.1, 0.15) is 0 Å². The predicted octanol–water partition coefficient (Wildman–Crippen LogP) is 8.09. The smallest absolute Gasteiger partial charge is 0.0102 e. The van der Waals surface area contributed by atoms with Gasteiger partial charge in [-0.15, -0.1) is 0 Å². The Kier molecular flexibility index (Phi) is 23.9. The summed E-state index contributed by atoms with van der Waals surface area (Å²) in [5, 5.41) is 3.08. The van der Waals surface area contributed by atoms with Gasteiger partial charge in [0.25, 0.3) is 0 Å². The molecule has 1 saturated carbocycles. The second-order valence-electron chi connectivity index (χ2n) is 8.41. The zero-order valence-corrected chi connectivity index (χ0v) is 21.3. The summed E-state index contributed by atoms with van der Waals surface area (Å²) in [6.07, 6.45) is 14.5. The number of hydrogen-bond donors (Lipinski definition) is 2. The summed E-state index contributed by atoms with van der Waals surface area (Å²) < 4.78 is 0. The minimum atomic E-state index is 0.412. The molecule has 0 spiro atoms. The SMILES string of the molecule is C=C(CC(C)(C)CCC)NC.CC.CC.CCC/C=C\C1CC(C)CCC1N. The van der Waals surface area contributed by atoms with E-state index in [2.05, 4.69) is 58.7 Å². The molecule has 28 heavy (non-hydrogen) atoms. The Morgan fingerprint density at radius 3 is 2.14 bits per heavy atom. The molecule has 0 aliphatic heterocycles. The monoisotopic (exact) mass is 396 g/mol. The van der Waals surface area contributed by atoms with Gasteiger partial charge < -0.3 is 11.1 Å². The van der Waals surface area contributed by atoms with E-state index in [4.69, 9.17) is 5.73 Å². The lowest BCUT2D eigenvalue weighted by Gasteiger charge is -2.30. The fraction of sp³-hybridized carbons (Fsp3) is 0.846. The van der Waals surface area contributed by atoms with Crippen LogP contribution in [0.3, 0.4) is 0 Å². The largest absolute Gasteiger partial charge is 0.392 e. The van der Waals surface area contributed by atoms with Crippen molar-refractivity contribution in [3.63, 3.8) is 0 Å². The Labute approximate surface area is 179 Å². The molecule has 3 atom stereocenters. The van der Waals surface area contributed by atoms with Crippen molar-refractivity contribution in [2.24, 2.45) is 23.0 Å². The van der Waals surface area contributed by atoms with E-state index in [9.17, 15) is 0 Å². The van der Waals surface area contributed by atoms with Crippen LogP contribution in [-0.4, -0.2) is 13.1 Å². The average molecular weight is 397 g/mol. The first-order valence-corrected chi connectivity index (χ1v) is 12.0. The van der Waals surface area contributed by atoms with Gasteiger partial charge in [0.15, 0.2) is 0 Å². The molecule has 2 nitrogen and oxygen atoms in total. The van der Waals surface area contributed by atoms with Gasteiger partial charge in [-0.05, 0) is 55.8 Å². The van der Waals surface area contributed by atoms with Crippen molar-refractivity contribution in [2.75, 3.05) is 7.05 Å². The van der Waals surface area contributed by atoms with Crippen LogP contribution in [0.25, 0.3) is 0 Å². The van der Waals surface area contributed by atoms with Crippen molar-refractivity contribution in [3.05, 3.63) is 24.4 Å². The van der Waals surface area contributed by atoms with Crippen molar-refractivity contribution in [1.29, 1.82) is 0 Å². The molecule has 1 aliphatic rings. The summed E-state index contributed by atoms with van der Waals surface area (Å²) in [5.41, 5.74) is 7.63. The molecule has 0 saturated heterocycles. The molecule has 2 heteroatoms. The molecule has 0 aromatic heterocycles. The molecule has 0 aromatic carbocycles. The standard InChI is InChI=1S/C12H23N.C10H21N.2C2H6/c1-3-4-5-6-11-9-10(2)7-8-12(11)13;1-6-7-10(3,4)8-9(2)11-5;2*1-2/h5-6,10-12H,3-4,7-9,13H2,1-2H3;11H,2,6-8H2,1,3-5H3;2*1-2H3/b6-5-;;;. The maximum Gasteiger partial charge on any atom is 0.0102 e. The zero-order valence-electron chi connectivity index (χ0n) is 21.3. The highest BCUT2D eigenvalue weighted by Gasteiger charge is 2.23. The van der Waals surface area contributed by atoms with E-state index in [1.807, 2.05) is 34.7 Å². The highest BCUT2D eigenvalue weighted by atomic mass is 14.8. The first-order valence-electron chi connectivity index (χ1n) is 12.0. The van der Waals surface area contributed by atoms with Crippen molar-refractivity contribution in [1.82, 2.24) is 5.32 Å². The fourth-order valence-electron chi connectivity index (χ4n) is 3.54. The third-order valence-electron chi connectivity index (χ3n) is 5.03. The predicted molar refractivity (Wildman–Crippen MR) is 133 cm³/mol. The lowest BCUT2D eigenvalue weighted by molar-refractivity contribution is 0.286. The van der Waals surface area contributed by atoms with E-state index >= 15 is 0 Å². The molecule has 1 aliphatic carbocycles. The van der Waals surface area contributed by atoms with E-state index in [1.54, 1.807) is 0 Å². The van der Waals surface area contributed by atoms with Crippen molar-refractivity contribution >= 4 is 0 Å². The number of nitrogens with two attached hydrogens (primary N) is 1. The Bertz CT molecular complexity index is 357. The van der Waals surface area contributed by atoms with Crippen LogP contribution in [0.2, 0.25) is 0 Å². The van der Waals surface area contributed by atoms with Crippen molar-refractivity contribution in [2.45, 2.75) is 120 Å². The zero-order chi connectivity index (χ0) is 22.6. The summed E-state index contributed by atoms with van der Waals surface area (Å²) in [6, 6.07) is 0.421. The highest BCUT2D eigenvalue weighted by molar-refractivity contribution is 4.96. The molecule has 3 unspecified atom stereocenters. The highest BCUT2D eigenvalue weighted by Crippen LogP contribution is 2.29. The maximum absolute atomic E-state index is 6.07. The van der Waals surface area contributed by atoms with Gasteiger partial charge in [0.2, 0.25) is 0 Å². The van der Waals surface area contributed by atoms with Crippen LogP contribution in [0.15, 0.2) is 24.4 Å². The lowest BCUT2D eigenvalue weighted by atomic mass is 9.79. The summed E-state index contributed by atoms with van der Waals surface area (Å²) in [6.45, 7) is 23.3. The molecule has 0 amide bonds. The molecule has 0 radical (unpaired) electrons. The quantitative estimate of drug-likeness (QED) is 0.407. The number of allylic oxidation sites excluding steroid dienone is 2. The molecule has 170 valence electrons. The molecule has 1 fully saturated rings. The Hall–Kier alpha value is -0.760. The van der Waals surface area contributed by atoms with Gasteiger partial charge in [0, 0.05) is 18.8 Å². The molecule has 3 N–H and O–H groups in total. The van der Waals surface area contributed by atoms with Crippen LogP contribution in [-0.2, 0) is 0 Å². The van der Waals surface area contributed by atoms with E-state index in [1.165, 1.54) is 44.9 Å². The second-order valence-corrected chi connectivity index (χ2v) is 8.41. The molecular formula is C26H56N2. The summed E-state index contributed by atoms with van der Waals surface area (Å²) >= 11 is 0. The Balaban J connectivity index is -0.000000383. The van der Waals surface area contributed by atoms with Crippen molar-refractivity contribution in [3.8, 4) is 0 Å². The van der Waals surface area contributed by atoms with Gasteiger partial charge in [-0.1, -0.05) is 93.9 Å². The van der Waals surface area contributed by atoms with E-state index in [-0.39, 0.29) is 0 Å². The molecule has 0 aromatic rings. The summed E-state index contributed by atoms with van der Waals surface area (Å²) in [7, 11) is 1.93. The van der Waals surface area contributed by atoms with Crippen LogP contribution in [0.5, 0.6) is 0 Å². The van der Waals surface area contributed by atoms with E-state index in [0.717, 1.165) is 18.0 Å². The fourth-order valence-corrected chi connectivity index (χ4v) is 3.54. The minimum absolute atomic E-state index is 0.412. The normalized spacial score (nSPS) is 21.3. The van der Waals surface area contributed by atoms with Crippen LogP contribution < -0.4 is 11.1 Å². The Morgan fingerprint density at radius 2 is 1.68 bits per heavy atom. The number of unbranched alkanes of at least 4 members (excludes halogenated alkanes) is 1. The Morgan fingerprint density at radius 1 is 1.11 bits per heavy atom. The van der Waals surface area contributed by atoms with Gasteiger partial charge in [-0.3, -0.25) is 0 Å².